The fourth-order valence-electron chi connectivity index (χ4n) is 0.639. The van der Waals surface area contributed by atoms with Gasteiger partial charge in [-0.25, -0.2) is 8.78 Å². The van der Waals surface area contributed by atoms with E-state index in [-0.39, 0.29) is 16.5 Å². The van der Waals surface area contributed by atoms with Crippen molar-refractivity contribution in [2.45, 2.75) is 12.8 Å². The van der Waals surface area contributed by atoms with Gasteiger partial charge in [0.2, 0.25) is 16.5 Å². The van der Waals surface area contributed by atoms with Crippen LogP contribution in [0.4, 0.5) is 14.7 Å². The van der Waals surface area contributed by atoms with Crippen molar-refractivity contribution in [2.24, 2.45) is 0 Å². The van der Waals surface area contributed by atoms with Crippen molar-refractivity contribution in [3.05, 3.63) is 10.6 Å². The highest BCUT2D eigenvalue weighted by Gasteiger charge is 2.21. The molecule has 0 unspecified atom stereocenters. The number of hydrogen-bond donors (Lipinski definition) is 1. The molecule has 0 atom stereocenters. The molecule has 14 heavy (non-hydrogen) atoms. The summed E-state index contributed by atoms with van der Waals surface area (Å²) in [4.78, 5) is 10.6. The lowest BCUT2D eigenvalue weighted by Gasteiger charge is -2.10. The van der Waals surface area contributed by atoms with Crippen LogP contribution < -0.4 is 5.32 Å². The van der Waals surface area contributed by atoms with E-state index in [2.05, 4.69) is 20.3 Å². The van der Waals surface area contributed by atoms with E-state index in [9.17, 15) is 8.78 Å². The van der Waals surface area contributed by atoms with Crippen molar-refractivity contribution in [1.29, 1.82) is 0 Å². The molecule has 0 aromatic carbocycles. The smallest absolute Gasteiger partial charge is 0.262 e. The van der Waals surface area contributed by atoms with Gasteiger partial charge in [0.1, 0.15) is 0 Å². The Bertz CT molecular complexity index is 308. The Kier molecular flexibility index (Phi) is 3.38. The normalized spacial score (nSPS) is 11.5. The molecule has 0 spiro atoms. The van der Waals surface area contributed by atoms with Crippen LogP contribution in [0, 0.1) is 0 Å². The second kappa shape index (κ2) is 4.18. The van der Waals surface area contributed by atoms with Gasteiger partial charge in [-0.1, -0.05) is 0 Å². The maximum Gasteiger partial charge on any atom is 0.262 e. The molecule has 1 heterocycles. The lowest BCUT2D eigenvalue weighted by Crippen LogP contribution is -2.23. The van der Waals surface area contributed by atoms with E-state index in [0.717, 1.165) is 6.92 Å². The molecule has 0 aliphatic carbocycles. The fraction of sp³-hybridized carbons (Fsp3) is 0.500. The molecule has 0 saturated heterocycles. The van der Waals surface area contributed by atoms with E-state index in [1.165, 1.54) is 0 Å². The van der Waals surface area contributed by atoms with E-state index < -0.39 is 12.5 Å². The van der Waals surface area contributed by atoms with Gasteiger partial charge in [0.05, 0.1) is 6.54 Å². The zero-order valence-corrected chi connectivity index (χ0v) is 8.57. The summed E-state index contributed by atoms with van der Waals surface area (Å²) in [6.45, 7) is 0.175. The van der Waals surface area contributed by atoms with Gasteiger partial charge in [-0.05, 0) is 23.2 Å². The van der Waals surface area contributed by atoms with Crippen molar-refractivity contribution >= 4 is 29.2 Å². The Labute approximate surface area is 88.7 Å². The van der Waals surface area contributed by atoms with Gasteiger partial charge in [-0.3, -0.25) is 0 Å². The molecule has 0 aliphatic heterocycles. The number of nitrogens with one attached hydrogen (secondary N) is 1. The summed E-state index contributed by atoms with van der Waals surface area (Å²) in [7, 11) is 0. The van der Waals surface area contributed by atoms with Crippen LogP contribution in [0.25, 0.3) is 0 Å². The molecular formula is C6H6Cl2F2N4. The number of rotatable bonds is 3. The van der Waals surface area contributed by atoms with Gasteiger partial charge in [-0.2, -0.15) is 15.0 Å². The summed E-state index contributed by atoms with van der Waals surface area (Å²) in [5.41, 5.74) is 0. The molecule has 1 rings (SSSR count). The van der Waals surface area contributed by atoms with E-state index in [4.69, 9.17) is 23.2 Å². The molecule has 4 nitrogen and oxygen atoms in total. The van der Waals surface area contributed by atoms with Crippen LogP contribution in [0.2, 0.25) is 10.6 Å². The maximum absolute atomic E-state index is 12.4. The van der Waals surface area contributed by atoms with Gasteiger partial charge in [0.25, 0.3) is 5.92 Å². The second-order valence-electron chi connectivity index (χ2n) is 2.62. The third-order valence-corrected chi connectivity index (χ3v) is 1.48. The van der Waals surface area contributed by atoms with Crippen molar-refractivity contribution in [1.82, 2.24) is 15.0 Å². The molecule has 8 heteroatoms. The van der Waals surface area contributed by atoms with Crippen LogP contribution in [-0.2, 0) is 0 Å². The largest absolute Gasteiger partial charge is 0.348 e. The monoisotopic (exact) mass is 242 g/mol. The molecule has 1 aromatic rings. The highest BCUT2D eigenvalue weighted by atomic mass is 35.5. The average molecular weight is 243 g/mol. The number of halogens is 4. The Morgan fingerprint density at radius 2 is 1.71 bits per heavy atom. The van der Waals surface area contributed by atoms with Crippen molar-refractivity contribution in [3.8, 4) is 0 Å². The molecule has 0 bridgehead atoms. The second-order valence-corrected chi connectivity index (χ2v) is 3.30. The first-order valence-electron chi connectivity index (χ1n) is 3.55. The quantitative estimate of drug-likeness (QED) is 0.884. The maximum atomic E-state index is 12.4. The van der Waals surface area contributed by atoms with Crippen LogP contribution in [0.15, 0.2) is 0 Å². The Morgan fingerprint density at radius 3 is 2.14 bits per heavy atom. The fourth-order valence-corrected chi connectivity index (χ4v) is 1.00. The molecular weight excluding hydrogens is 237 g/mol. The molecule has 1 N–H and O–H groups in total. The van der Waals surface area contributed by atoms with E-state index in [1.807, 2.05) is 0 Å². The highest BCUT2D eigenvalue weighted by molar-refractivity contribution is 6.31. The van der Waals surface area contributed by atoms with E-state index >= 15 is 0 Å². The third kappa shape index (κ3) is 3.97. The van der Waals surface area contributed by atoms with E-state index in [0.29, 0.717) is 0 Å². The molecule has 78 valence electrons. The summed E-state index contributed by atoms with van der Waals surface area (Å²) in [6, 6.07) is 0. The first kappa shape index (κ1) is 11.3. The lowest BCUT2D eigenvalue weighted by atomic mass is 10.4. The molecule has 0 amide bonds. The third-order valence-electron chi connectivity index (χ3n) is 1.14. The lowest BCUT2D eigenvalue weighted by molar-refractivity contribution is 0.0366. The predicted octanol–water partition coefficient (Wildman–Crippen LogP) is 2.25. The molecule has 1 aromatic heterocycles. The summed E-state index contributed by atoms with van der Waals surface area (Å²) < 4.78 is 24.8. The van der Waals surface area contributed by atoms with Gasteiger partial charge in [-0.15, -0.1) is 0 Å². The number of nitrogens with zero attached hydrogens (tertiary/aromatic N) is 3. The van der Waals surface area contributed by atoms with Crippen LogP contribution in [-0.4, -0.2) is 27.4 Å². The van der Waals surface area contributed by atoms with Crippen LogP contribution in [0.1, 0.15) is 6.92 Å². The predicted molar refractivity (Wildman–Crippen MR) is 49.0 cm³/mol. The summed E-state index contributed by atoms with van der Waals surface area (Å²) in [5.74, 6) is -2.93. The number of anilines is 1. The van der Waals surface area contributed by atoms with E-state index in [1.54, 1.807) is 0 Å². The molecule has 0 radical (unpaired) electrons. The van der Waals surface area contributed by atoms with Crippen LogP contribution in [0.5, 0.6) is 0 Å². The zero-order chi connectivity index (χ0) is 10.8. The Hall–Kier alpha value is -0.750. The zero-order valence-electron chi connectivity index (χ0n) is 7.06. The topological polar surface area (TPSA) is 50.7 Å². The highest BCUT2D eigenvalue weighted by Crippen LogP contribution is 2.14. The SMILES string of the molecule is CC(F)(F)CNc1nc(Cl)nc(Cl)n1. The van der Waals surface area contributed by atoms with Crippen LogP contribution >= 0.6 is 23.2 Å². The van der Waals surface area contributed by atoms with Crippen molar-refractivity contribution in [2.75, 3.05) is 11.9 Å². The summed E-state index contributed by atoms with van der Waals surface area (Å²) in [6.07, 6.45) is 0. The summed E-state index contributed by atoms with van der Waals surface area (Å²) >= 11 is 10.9. The first-order valence-corrected chi connectivity index (χ1v) is 4.31. The van der Waals surface area contributed by atoms with Gasteiger partial charge in [0.15, 0.2) is 0 Å². The number of hydrogen-bond acceptors (Lipinski definition) is 4. The van der Waals surface area contributed by atoms with Gasteiger partial charge >= 0.3 is 0 Å². The Morgan fingerprint density at radius 1 is 1.21 bits per heavy atom. The standard InChI is InChI=1S/C6H6Cl2F2N4/c1-6(9,10)2-11-5-13-3(7)12-4(8)14-5/h2H2,1H3,(H,11,12,13,14). The van der Waals surface area contributed by atoms with Gasteiger partial charge < -0.3 is 5.32 Å². The first-order chi connectivity index (χ1) is 6.37. The molecule has 0 saturated carbocycles. The average Bonchev–Trinajstić information content (AvgIpc) is 1.97. The minimum Gasteiger partial charge on any atom is -0.348 e. The minimum atomic E-state index is -2.86. The van der Waals surface area contributed by atoms with Crippen molar-refractivity contribution < 1.29 is 8.78 Å². The van der Waals surface area contributed by atoms with Crippen molar-refractivity contribution in [3.63, 3.8) is 0 Å². The number of alkyl halides is 2. The van der Waals surface area contributed by atoms with Gasteiger partial charge in [0, 0.05) is 6.92 Å². The minimum absolute atomic E-state index is 0.0727. The molecule has 0 fully saturated rings. The summed E-state index contributed by atoms with van der Waals surface area (Å²) in [5, 5.41) is 1.99. The van der Waals surface area contributed by atoms with Crippen LogP contribution in [0.3, 0.4) is 0 Å². The number of aromatic nitrogens is 3. The Balaban J connectivity index is 2.68. The molecule has 0 aliphatic rings.